The molecule has 0 aromatic heterocycles. The summed E-state index contributed by atoms with van der Waals surface area (Å²) in [6.07, 6.45) is 3.62. The number of nitrogens with two attached hydrogens (primary N) is 1. The molecule has 1 aliphatic rings. The van der Waals surface area contributed by atoms with E-state index in [4.69, 9.17) is 5.73 Å². The van der Waals surface area contributed by atoms with E-state index in [0.717, 1.165) is 17.8 Å². The van der Waals surface area contributed by atoms with Crippen LogP contribution < -0.4 is 11.1 Å². The number of carbonyl (C=O) groups is 1. The SMILES string of the molecule is Cc1c(N)cccc1NC(=O)C(C)N1CCCCC1C. The van der Waals surface area contributed by atoms with Gasteiger partial charge in [-0.05, 0) is 57.9 Å². The molecule has 3 N–H and O–H groups in total. The minimum Gasteiger partial charge on any atom is -0.398 e. The third-order valence-electron chi connectivity index (χ3n) is 4.36. The maximum Gasteiger partial charge on any atom is 0.241 e. The number of benzene rings is 1. The normalized spacial score (nSPS) is 21.4. The highest BCUT2D eigenvalue weighted by Gasteiger charge is 2.27. The maximum atomic E-state index is 12.4. The molecule has 1 saturated heterocycles. The Labute approximate surface area is 121 Å². The monoisotopic (exact) mass is 275 g/mol. The van der Waals surface area contributed by atoms with Crippen LogP contribution in [0.5, 0.6) is 0 Å². The Hall–Kier alpha value is -1.55. The van der Waals surface area contributed by atoms with Crippen LogP contribution in [0.1, 0.15) is 38.7 Å². The molecule has 110 valence electrons. The summed E-state index contributed by atoms with van der Waals surface area (Å²) in [7, 11) is 0. The minimum atomic E-state index is -0.105. The van der Waals surface area contributed by atoms with Crippen LogP contribution in [0.2, 0.25) is 0 Å². The molecule has 0 radical (unpaired) electrons. The number of carbonyl (C=O) groups excluding carboxylic acids is 1. The van der Waals surface area contributed by atoms with Gasteiger partial charge in [0, 0.05) is 17.4 Å². The topological polar surface area (TPSA) is 58.4 Å². The number of nitrogens with zero attached hydrogens (tertiary/aromatic N) is 1. The van der Waals surface area contributed by atoms with Crippen molar-refractivity contribution in [1.82, 2.24) is 4.90 Å². The van der Waals surface area contributed by atoms with Gasteiger partial charge < -0.3 is 11.1 Å². The molecular weight excluding hydrogens is 250 g/mol. The van der Waals surface area contributed by atoms with Crippen molar-refractivity contribution in [3.63, 3.8) is 0 Å². The van der Waals surface area contributed by atoms with E-state index in [2.05, 4.69) is 17.1 Å². The molecule has 1 aliphatic heterocycles. The smallest absolute Gasteiger partial charge is 0.241 e. The lowest BCUT2D eigenvalue weighted by molar-refractivity contribution is -0.122. The number of anilines is 2. The Kier molecular flexibility index (Phi) is 4.65. The standard InChI is InChI=1S/C16H25N3O/c1-11-7-4-5-10-19(11)13(3)16(20)18-15-9-6-8-14(17)12(15)2/h6,8-9,11,13H,4-5,7,10,17H2,1-3H3,(H,18,20). The highest BCUT2D eigenvalue weighted by atomic mass is 16.2. The van der Waals surface area contributed by atoms with Gasteiger partial charge in [0.05, 0.1) is 6.04 Å². The first kappa shape index (κ1) is 14.9. The first-order valence-electron chi connectivity index (χ1n) is 7.42. The summed E-state index contributed by atoms with van der Waals surface area (Å²) in [6.45, 7) is 7.12. The van der Waals surface area contributed by atoms with Gasteiger partial charge in [0.15, 0.2) is 0 Å². The Morgan fingerprint density at radius 1 is 1.45 bits per heavy atom. The van der Waals surface area contributed by atoms with E-state index < -0.39 is 0 Å². The van der Waals surface area contributed by atoms with Gasteiger partial charge >= 0.3 is 0 Å². The van der Waals surface area contributed by atoms with Crippen LogP contribution in [-0.2, 0) is 4.79 Å². The van der Waals surface area contributed by atoms with Gasteiger partial charge in [0.25, 0.3) is 0 Å². The minimum absolute atomic E-state index is 0.0486. The second kappa shape index (κ2) is 6.27. The summed E-state index contributed by atoms with van der Waals surface area (Å²) in [4.78, 5) is 14.7. The Morgan fingerprint density at radius 2 is 2.20 bits per heavy atom. The van der Waals surface area contributed by atoms with Crippen LogP contribution >= 0.6 is 0 Å². The molecule has 4 nitrogen and oxygen atoms in total. The number of hydrogen-bond acceptors (Lipinski definition) is 3. The summed E-state index contributed by atoms with van der Waals surface area (Å²) in [6, 6.07) is 5.99. The van der Waals surface area contributed by atoms with Crippen molar-refractivity contribution in [2.24, 2.45) is 0 Å². The summed E-state index contributed by atoms with van der Waals surface area (Å²) >= 11 is 0. The van der Waals surface area contributed by atoms with E-state index in [0.29, 0.717) is 11.7 Å². The van der Waals surface area contributed by atoms with Crippen LogP contribution in [0.4, 0.5) is 11.4 Å². The first-order chi connectivity index (χ1) is 9.50. The van der Waals surface area contributed by atoms with Gasteiger partial charge in [-0.3, -0.25) is 9.69 Å². The summed E-state index contributed by atoms with van der Waals surface area (Å²) in [5, 5.41) is 3.01. The lowest BCUT2D eigenvalue weighted by Gasteiger charge is -2.37. The Balaban J connectivity index is 2.05. The summed E-state index contributed by atoms with van der Waals surface area (Å²) in [5.74, 6) is 0.0486. The molecule has 2 atom stereocenters. The van der Waals surface area contributed by atoms with Crippen molar-refractivity contribution >= 4 is 17.3 Å². The van der Waals surface area contributed by atoms with Crippen LogP contribution in [0.15, 0.2) is 18.2 Å². The highest BCUT2D eigenvalue weighted by molar-refractivity contribution is 5.95. The van der Waals surface area contributed by atoms with E-state index in [9.17, 15) is 4.79 Å². The number of hydrogen-bond donors (Lipinski definition) is 2. The molecule has 2 unspecified atom stereocenters. The van der Waals surface area contributed by atoms with Crippen molar-refractivity contribution in [1.29, 1.82) is 0 Å². The van der Waals surface area contributed by atoms with Gasteiger partial charge in [0.1, 0.15) is 0 Å². The van der Waals surface area contributed by atoms with Crippen molar-refractivity contribution in [3.05, 3.63) is 23.8 Å². The zero-order chi connectivity index (χ0) is 14.7. The van der Waals surface area contributed by atoms with Crippen molar-refractivity contribution < 1.29 is 4.79 Å². The molecule has 0 spiro atoms. The van der Waals surface area contributed by atoms with Crippen LogP contribution in [0, 0.1) is 6.92 Å². The molecule has 4 heteroatoms. The Morgan fingerprint density at radius 3 is 2.90 bits per heavy atom. The van der Waals surface area contributed by atoms with E-state index in [-0.39, 0.29) is 11.9 Å². The lowest BCUT2D eigenvalue weighted by atomic mass is 10.0. The van der Waals surface area contributed by atoms with Crippen LogP contribution in [0.25, 0.3) is 0 Å². The molecule has 0 saturated carbocycles. The fourth-order valence-corrected chi connectivity index (χ4v) is 2.87. The predicted molar refractivity (Wildman–Crippen MR) is 83.7 cm³/mol. The van der Waals surface area contributed by atoms with Crippen molar-refractivity contribution in [3.8, 4) is 0 Å². The molecular formula is C16H25N3O. The largest absolute Gasteiger partial charge is 0.398 e. The molecule has 0 aliphatic carbocycles. The Bertz CT molecular complexity index is 487. The first-order valence-corrected chi connectivity index (χ1v) is 7.42. The number of amides is 1. The van der Waals surface area contributed by atoms with E-state index >= 15 is 0 Å². The number of nitrogens with one attached hydrogen (secondary N) is 1. The fourth-order valence-electron chi connectivity index (χ4n) is 2.87. The number of piperidine rings is 1. The fraction of sp³-hybridized carbons (Fsp3) is 0.562. The van der Waals surface area contributed by atoms with Crippen LogP contribution in [-0.4, -0.2) is 29.4 Å². The van der Waals surface area contributed by atoms with Gasteiger partial charge in [-0.2, -0.15) is 0 Å². The molecule has 1 heterocycles. The zero-order valence-corrected chi connectivity index (χ0v) is 12.6. The molecule has 1 aromatic carbocycles. The number of likely N-dealkylation sites (tertiary alicyclic amines) is 1. The van der Waals surface area contributed by atoms with Gasteiger partial charge in [-0.25, -0.2) is 0 Å². The third kappa shape index (κ3) is 3.12. The third-order valence-corrected chi connectivity index (χ3v) is 4.36. The van der Waals surface area contributed by atoms with Crippen molar-refractivity contribution in [2.75, 3.05) is 17.6 Å². The molecule has 20 heavy (non-hydrogen) atoms. The number of rotatable bonds is 3. The second-order valence-corrected chi connectivity index (χ2v) is 5.77. The predicted octanol–water partition coefficient (Wildman–Crippen LogP) is 2.78. The lowest BCUT2D eigenvalue weighted by Crippen LogP contribution is -2.48. The van der Waals surface area contributed by atoms with E-state index in [1.807, 2.05) is 32.0 Å². The van der Waals surface area contributed by atoms with Gasteiger partial charge in [0.2, 0.25) is 5.91 Å². The number of nitrogen functional groups attached to an aromatic ring is 1. The van der Waals surface area contributed by atoms with Crippen molar-refractivity contribution in [2.45, 2.75) is 52.1 Å². The maximum absolute atomic E-state index is 12.4. The summed E-state index contributed by atoms with van der Waals surface area (Å²) < 4.78 is 0. The average Bonchev–Trinajstić information content (AvgIpc) is 2.43. The molecule has 2 rings (SSSR count). The molecule has 1 amide bonds. The van der Waals surface area contributed by atoms with Crippen LogP contribution in [0.3, 0.4) is 0 Å². The highest BCUT2D eigenvalue weighted by Crippen LogP contribution is 2.23. The van der Waals surface area contributed by atoms with E-state index in [1.54, 1.807) is 0 Å². The summed E-state index contributed by atoms with van der Waals surface area (Å²) in [5.41, 5.74) is 8.33. The quantitative estimate of drug-likeness (QED) is 0.834. The molecule has 1 aromatic rings. The van der Waals surface area contributed by atoms with Gasteiger partial charge in [-0.15, -0.1) is 0 Å². The zero-order valence-electron chi connectivity index (χ0n) is 12.6. The van der Waals surface area contributed by atoms with E-state index in [1.165, 1.54) is 19.3 Å². The van der Waals surface area contributed by atoms with Gasteiger partial charge in [-0.1, -0.05) is 12.5 Å². The average molecular weight is 275 g/mol. The second-order valence-electron chi connectivity index (χ2n) is 5.77. The molecule has 1 fully saturated rings. The molecule has 0 bridgehead atoms.